The second-order valence-electron chi connectivity index (χ2n) is 5.36. The summed E-state index contributed by atoms with van der Waals surface area (Å²) in [6, 6.07) is 6.08. The van der Waals surface area contributed by atoms with Crippen LogP contribution in [0.4, 0.5) is 5.69 Å². The van der Waals surface area contributed by atoms with Gasteiger partial charge in [0.15, 0.2) is 0 Å². The predicted molar refractivity (Wildman–Crippen MR) is 75.4 cm³/mol. The Morgan fingerprint density at radius 1 is 1.24 bits per heavy atom. The standard InChI is InChI=1S/C14H18N2S/c1-9-7-10(5-6-11(9)15)13-16-12(8-17-13)14(2,3)4/h5-8H,15H2,1-4H3. The average Bonchev–Trinajstić information content (AvgIpc) is 2.70. The minimum absolute atomic E-state index is 0.109. The van der Waals surface area contributed by atoms with Gasteiger partial charge in [-0.2, -0.15) is 0 Å². The number of nitrogens with zero attached hydrogens (tertiary/aromatic N) is 1. The Hall–Kier alpha value is -1.35. The minimum Gasteiger partial charge on any atom is -0.399 e. The molecule has 0 saturated carbocycles. The van der Waals surface area contributed by atoms with E-state index in [1.807, 2.05) is 19.1 Å². The fourth-order valence-electron chi connectivity index (χ4n) is 1.56. The first kappa shape index (κ1) is 12.1. The van der Waals surface area contributed by atoms with Crippen molar-refractivity contribution in [2.75, 3.05) is 5.73 Å². The molecule has 0 saturated heterocycles. The Labute approximate surface area is 107 Å². The summed E-state index contributed by atoms with van der Waals surface area (Å²) in [6.07, 6.45) is 0. The van der Waals surface area contributed by atoms with Gasteiger partial charge in [0.05, 0.1) is 5.69 Å². The number of hydrogen-bond acceptors (Lipinski definition) is 3. The normalized spacial score (nSPS) is 11.8. The van der Waals surface area contributed by atoms with Crippen molar-refractivity contribution in [1.29, 1.82) is 0 Å². The molecule has 0 aliphatic heterocycles. The van der Waals surface area contributed by atoms with Gasteiger partial charge < -0.3 is 5.73 Å². The van der Waals surface area contributed by atoms with Crippen LogP contribution < -0.4 is 5.73 Å². The lowest BCUT2D eigenvalue weighted by atomic mass is 9.93. The third kappa shape index (κ3) is 2.50. The molecule has 2 aromatic rings. The zero-order valence-corrected chi connectivity index (χ0v) is 11.6. The maximum atomic E-state index is 5.82. The molecule has 1 aromatic heterocycles. The lowest BCUT2D eigenvalue weighted by Crippen LogP contribution is -2.11. The number of rotatable bonds is 1. The van der Waals surface area contributed by atoms with E-state index in [0.717, 1.165) is 27.5 Å². The van der Waals surface area contributed by atoms with Crippen LogP contribution in [-0.2, 0) is 5.41 Å². The number of benzene rings is 1. The van der Waals surface area contributed by atoms with Gasteiger partial charge in [-0.05, 0) is 30.7 Å². The molecular formula is C14H18N2S. The average molecular weight is 246 g/mol. The zero-order valence-electron chi connectivity index (χ0n) is 10.7. The predicted octanol–water partition coefficient (Wildman–Crippen LogP) is 4.00. The number of anilines is 1. The summed E-state index contributed by atoms with van der Waals surface area (Å²) in [4.78, 5) is 4.70. The van der Waals surface area contributed by atoms with Crippen molar-refractivity contribution in [3.63, 3.8) is 0 Å². The van der Waals surface area contributed by atoms with Crippen LogP contribution in [0.1, 0.15) is 32.0 Å². The second kappa shape index (κ2) is 4.15. The monoisotopic (exact) mass is 246 g/mol. The first-order valence-electron chi connectivity index (χ1n) is 5.70. The molecule has 0 aliphatic rings. The SMILES string of the molecule is Cc1cc(-c2nc(C(C)(C)C)cs2)ccc1N. The van der Waals surface area contributed by atoms with Crippen LogP contribution in [0.15, 0.2) is 23.6 Å². The molecule has 1 aromatic carbocycles. The van der Waals surface area contributed by atoms with Crippen LogP contribution in [0, 0.1) is 6.92 Å². The Morgan fingerprint density at radius 2 is 1.94 bits per heavy atom. The molecule has 1 heterocycles. The van der Waals surface area contributed by atoms with Gasteiger partial charge >= 0.3 is 0 Å². The van der Waals surface area contributed by atoms with E-state index in [2.05, 4.69) is 32.2 Å². The molecule has 0 unspecified atom stereocenters. The molecule has 0 amide bonds. The van der Waals surface area contributed by atoms with Crippen LogP contribution in [-0.4, -0.2) is 4.98 Å². The molecule has 17 heavy (non-hydrogen) atoms. The number of nitrogen functional groups attached to an aromatic ring is 1. The van der Waals surface area contributed by atoms with Gasteiger partial charge in [0.1, 0.15) is 5.01 Å². The van der Waals surface area contributed by atoms with Crippen molar-refractivity contribution < 1.29 is 0 Å². The molecule has 2 nitrogen and oxygen atoms in total. The van der Waals surface area contributed by atoms with Gasteiger partial charge in [0.2, 0.25) is 0 Å². The van der Waals surface area contributed by atoms with E-state index in [9.17, 15) is 0 Å². The summed E-state index contributed by atoms with van der Waals surface area (Å²) < 4.78 is 0. The highest BCUT2D eigenvalue weighted by Gasteiger charge is 2.17. The van der Waals surface area contributed by atoms with Crippen LogP contribution in [0.3, 0.4) is 0 Å². The summed E-state index contributed by atoms with van der Waals surface area (Å²) in [5.74, 6) is 0. The van der Waals surface area contributed by atoms with E-state index < -0.39 is 0 Å². The first-order valence-corrected chi connectivity index (χ1v) is 6.58. The third-order valence-electron chi connectivity index (χ3n) is 2.79. The summed E-state index contributed by atoms with van der Waals surface area (Å²) in [7, 11) is 0. The van der Waals surface area contributed by atoms with Gasteiger partial charge in [-0.15, -0.1) is 11.3 Å². The number of hydrogen-bond donors (Lipinski definition) is 1. The fourth-order valence-corrected chi connectivity index (χ4v) is 2.60. The molecule has 2 rings (SSSR count). The van der Waals surface area contributed by atoms with Crippen LogP contribution in [0.5, 0.6) is 0 Å². The van der Waals surface area contributed by atoms with Gasteiger partial charge in [-0.25, -0.2) is 4.98 Å². The lowest BCUT2D eigenvalue weighted by Gasteiger charge is -2.14. The minimum atomic E-state index is 0.109. The largest absolute Gasteiger partial charge is 0.399 e. The quantitative estimate of drug-likeness (QED) is 0.772. The number of thiazole rings is 1. The van der Waals surface area contributed by atoms with Gasteiger partial charge in [0.25, 0.3) is 0 Å². The van der Waals surface area contributed by atoms with Gasteiger partial charge in [0, 0.05) is 22.0 Å². The van der Waals surface area contributed by atoms with E-state index in [-0.39, 0.29) is 5.41 Å². The van der Waals surface area contributed by atoms with E-state index in [1.54, 1.807) is 11.3 Å². The van der Waals surface area contributed by atoms with Crippen molar-refractivity contribution in [3.8, 4) is 10.6 Å². The summed E-state index contributed by atoms with van der Waals surface area (Å²) in [6.45, 7) is 8.57. The maximum Gasteiger partial charge on any atom is 0.123 e. The van der Waals surface area contributed by atoms with E-state index in [0.29, 0.717) is 0 Å². The smallest absolute Gasteiger partial charge is 0.123 e. The van der Waals surface area contributed by atoms with Gasteiger partial charge in [-0.3, -0.25) is 0 Å². The number of aryl methyl sites for hydroxylation is 1. The third-order valence-corrected chi connectivity index (χ3v) is 3.68. The molecule has 0 bridgehead atoms. The maximum absolute atomic E-state index is 5.82. The lowest BCUT2D eigenvalue weighted by molar-refractivity contribution is 0.573. The topological polar surface area (TPSA) is 38.9 Å². The molecule has 3 heteroatoms. The highest BCUT2D eigenvalue weighted by atomic mass is 32.1. The summed E-state index contributed by atoms with van der Waals surface area (Å²) in [5.41, 5.74) is 10.2. The highest BCUT2D eigenvalue weighted by molar-refractivity contribution is 7.13. The molecule has 0 spiro atoms. The van der Waals surface area contributed by atoms with E-state index in [4.69, 9.17) is 10.7 Å². The zero-order chi connectivity index (χ0) is 12.6. The molecule has 2 N–H and O–H groups in total. The Bertz CT molecular complexity index is 535. The summed E-state index contributed by atoms with van der Waals surface area (Å²) in [5, 5.41) is 3.21. The molecule has 0 aliphatic carbocycles. The van der Waals surface area contributed by atoms with E-state index in [1.165, 1.54) is 0 Å². The van der Waals surface area contributed by atoms with Gasteiger partial charge in [-0.1, -0.05) is 20.8 Å². The molecule has 0 radical (unpaired) electrons. The molecule has 0 atom stereocenters. The van der Waals surface area contributed by atoms with Crippen LogP contribution in [0.25, 0.3) is 10.6 Å². The van der Waals surface area contributed by atoms with Crippen molar-refractivity contribution in [3.05, 3.63) is 34.8 Å². The van der Waals surface area contributed by atoms with Crippen LogP contribution in [0.2, 0.25) is 0 Å². The second-order valence-corrected chi connectivity index (χ2v) is 6.22. The van der Waals surface area contributed by atoms with Crippen molar-refractivity contribution in [1.82, 2.24) is 4.98 Å². The van der Waals surface area contributed by atoms with Crippen molar-refractivity contribution in [2.45, 2.75) is 33.1 Å². The first-order chi connectivity index (χ1) is 7.88. The fraction of sp³-hybridized carbons (Fsp3) is 0.357. The Kier molecular flexibility index (Phi) is 2.96. The number of aromatic nitrogens is 1. The molecule has 0 fully saturated rings. The Balaban J connectivity index is 2.40. The Morgan fingerprint density at radius 3 is 2.47 bits per heavy atom. The van der Waals surface area contributed by atoms with E-state index >= 15 is 0 Å². The summed E-state index contributed by atoms with van der Waals surface area (Å²) >= 11 is 1.69. The van der Waals surface area contributed by atoms with Crippen molar-refractivity contribution in [2.24, 2.45) is 0 Å². The molecular weight excluding hydrogens is 228 g/mol. The van der Waals surface area contributed by atoms with Crippen LogP contribution >= 0.6 is 11.3 Å². The molecule has 90 valence electrons. The highest BCUT2D eigenvalue weighted by Crippen LogP contribution is 2.30. The van der Waals surface area contributed by atoms with Crippen molar-refractivity contribution >= 4 is 17.0 Å². The number of nitrogens with two attached hydrogens (primary N) is 1.